The zero-order chi connectivity index (χ0) is 13.1. The average Bonchev–Trinajstić information content (AvgIpc) is 2.72. The highest BCUT2D eigenvalue weighted by atomic mass is 19.4. The minimum absolute atomic E-state index is 0.0514. The summed E-state index contributed by atoms with van der Waals surface area (Å²) in [5, 5.41) is 0. The maximum Gasteiger partial charge on any atom is 0.471 e. The van der Waals surface area contributed by atoms with Gasteiger partial charge in [-0.3, -0.25) is 4.79 Å². The van der Waals surface area contributed by atoms with E-state index in [2.05, 4.69) is 0 Å². The van der Waals surface area contributed by atoms with Gasteiger partial charge in [-0.15, -0.1) is 0 Å². The average molecular weight is 253 g/mol. The molecule has 1 fully saturated rings. The maximum absolute atomic E-state index is 12.2. The van der Waals surface area contributed by atoms with Crippen LogP contribution in [0, 0.1) is 0 Å². The molecular formula is C10H14F3NO3. The lowest BCUT2D eigenvalue weighted by Gasteiger charge is -2.23. The van der Waals surface area contributed by atoms with Crippen molar-refractivity contribution >= 4 is 11.9 Å². The first-order chi connectivity index (χ1) is 7.88. The first-order valence-corrected chi connectivity index (χ1v) is 5.42. The molecule has 1 aliphatic heterocycles. The molecule has 1 amide bonds. The van der Waals surface area contributed by atoms with Gasteiger partial charge in [0, 0.05) is 6.54 Å². The molecule has 98 valence electrons. The summed E-state index contributed by atoms with van der Waals surface area (Å²) >= 11 is 0. The Morgan fingerprint density at radius 3 is 2.59 bits per heavy atom. The van der Waals surface area contributed by atoms with Gasteiger partial charge in [0.1, 0.15) is 6.04 Å². The summed E-state index contributed by atoms with van der Waals surface area (Å²) in [7, 11) is 0. The van der Waals surface area contributed by atoms with Gasteiger partial charge in [0.2, 0.25) is 0 Å². The highest BCUT2D eigenvalue weighted by molar-refractivity contribution is 5.88. The lowest BCUT2D eigenvalue weighted by atomic mass is 10.2. The van der Waals surface area contributed by atoms with E-state index in [9.17, 15) is 22.8 Å². The van der Waals surface area contributed by atoms with Gasteiger partial charge >= 0.3 is 18.1 Å². The Labute approximate surface area is 96.7 Å². The molecule has 0 aromatic heterocycles. The van der Waals surface area contributed by atoms with Crippen LogP contribution in [0.3, 0.4) is 0 Å². The number of carbonyl (C=O) groups is 2. The Balaban J connectivity index is 2.66. The molecule has 0 aliphatic carbocycles. The van der Waals surface area contributed by atoms with Crippen LogP contribution in [0.5, 0.6) is 0 Å². The van der Waals surface area contributed by atoms with Crippen molar-refractivity contribution in [2.75, 3.05) is 13.2 Å². The number of carbonyl (C=O) groups excluding carboxylic acids is 2. The van der Waals surface area contributed by atoms with Crippen molar-refractivity contribution in [3.63, 3.8) is 0 Å². The normalized spacial score (nSPS) is 20.5. The third-order valence-electron chi connectivity index (χ3n) is 2.48. The van der Waals surface area contributed by atoms with Crippen molar-refractivity contribution in [1.29, 1.82) is 0 Å². The number of likely N-dealkylation sites (tertiary alicyclic amines) is 1. The van der Waals surface area contributed by atoms with E-state index in [0.717, 1.165) is 0 Å². The van der Waals surface area contributed by atoms with E-state index in [4.69, 9.17) is 4.74 Å². The Morgan fingerprint density at radius 2 is 2.06 bits per heavy atom. The monoisotopic (exact) mass is 253 g/mol. The van der Waals surface area contributed by atoms with E-state index < -0.39 is 24.1 Å². The van der Waals surface area contributed by atoms with E-state index in [1.54, 1.807) is 6.92 Å². The second kappa shape index (κ2) is 5.37. The van der Waals surface area contributed by atoms with Crippen LogP contribution in [-0.4, -0.2) is 42.1 Å². The summed E-state index contributed by atoms with van der Waals surface area (Å²) in [5.74, 6) is -2.71. The van der Waals surface area contributed by atoms with Gasteiger partial charge in [-0.25, -0.2) is 4.79 Å². The van der Waals surface area contributed by atoms with Crippen molar-refractivity contribution in [1.82, 2.24) is 4.90 Å². The standard InChI is InChI=1S/C10H14F3NO3/c1-2-6-17-8(15)7-4-3-5-14(7)9(16)10(11,12)13/h7H,2-6H2,1H3. The predicted molar refractivity (Wildman–Crippen MR) is 52.0 cm³/mol. The fourth-order valence-electron chi connectivity index (χ4n) is 1.72. The van der Waals surface area contributed by atoms with Crippen LogP contribution in [0.4, 0.5) is 13.2 Å². The van der Waals surface area contributed by atoms with Gasteiger partial charge in [-0.1, -0.05) is 6.92 Å². The zero-order valence-electron chi connectivity index (χ0n) is 9.42. The smallest absolute Gasteiger partial charge is 0.464 e. The number of ether oxygens (including phenoxy) is 1. The quantitative estimate of drug-likeness (QED) is 0.716. The predicted octanol–water partition coefficient (Wildman–Crippen LogP) is 1.49. The molecule has 17 heavy (non-hydrogen) atoms. The largest absolute Gasteiger partial charge is 0.471 e. The van der Waals surface area contributed by atoms with Crippen molar-refractivity contribution in [3.8, 4) is 0 Å². The molecular weight excluding hydrogens is 239 g/mol. The fourth-order valence-corrected chi connectivity index (χ4v) is 1.72. The molecule has 0 saturated carbocycles. The van der Waals surface area contributed by atoms with Crippen molar-refractivity contribution < 1.29 is 27.5 Å². The van der Waals surface area contributed by atoms with Crippen LogP contribution in [0.25, 0.3) is 0 Å². The number of esters is 1. The molecule has 7 heteroatoms. The van der Waals surface area contributed by atoms with Gasteiger partial charge in [0.15, 0.2) is 0 Å². The third kappa shape index (κ3) is 3.34. The highest BCUT2D eigenvalue weighted by Crippen LogP contribution is 2.26. The molecule has 0 radical (unpaired) electrons. The Kier molecular flexibility index (Phi) is 4.36. The first-order valence-electron chi connectivity index (χ1n) is 5.42. The van der Waals surface area contributed by atoms with Crippen molar-refractivity contribution in [2.24, 2.45) is 0 Å². The van der Waals surface area contributed by atoms with E-state index in [1.807, 2.05) is 0 Å². The second-order valence-corrected chi connectivity index (χ2v) is 3.82. The van der Waals surface area contributed by atoms with Crippen LogP contribution < -0.4 is 0 Å². The fraction of sp³-hybridized carbons (Fsp3) is 0.800. The van der Waals surface area contributed by atoms with Crippen LogP contribution >= 0.6 is 0 Å². The molecule has 1 rings (SSSR count). The number of alkyl halides is 3. The zero-order valence-corrected chi connectivity index (χ0v) is 9.42. The summed E-state index contributed by atoms with van der Waals surface area (Å²) in [5.41, 5.74) is 0. The number of hydrogen-bond acceptors (Lipinski definition) is 3. The molecule has 0 aromatic carbocycles. The molecule has 0 aromatic rings. The lowest BCUT2D eigenvalue weighted by molar-refractivity contribution is -0.188. The molecule has 1 heterocycles. The lowest BCUT2D eigenvalue weighted by Crippen LogP contribution is -2.47. The number of hydrogen-bond donors (Lipinski definition) is 0. The highest BCUT2D eigenvalue weighted by Gasteiger charge is 2.48. The molecule has 0 N–H and O–H groups in total. The molecule has 1 unspecified atom stereocenters. The van der Waals surface area contributed by atoms with Crippen LogP contribution in [0.15, 0.2) is 0 Å². The van der Waals surface area contributed by atoms with E-state index in [1.165, 1.54) is 0 Å². The number of rotatable bonds is 3. The maximum atomic E-state index is 12.2. The van der Waals surface area contributed by atoms with E-state index >= 15 is 0 Å². The summed E-state index contributed by atoms with van der Waals surface area (Å²) in [4.78, 5) is 23.1. The van der Waals surface area contributed by atoms with Gasteiger partial charge < -0.3 is 9.64 Å². The summed E-state index contributed by atoms with van der Waals surface area (Å²) in [6, 6.07) is -1.09. The Morgan fingerprint density at radius 1 is 1.41 bits per heavy atom. The molecule has 1 aliphatic rings. The molecule has 0 bridgehead atoms. The second-order valence-electron chi connectivity index (χ2n) is 3.82. The Bertz CT molecular complexity index is 304. The number of nitrogens with zero attached hydrogens (tertiary/aromatic N) is 1. The minimum atomic E-state index is -4.94. The van der Waals surface area contributed by atoms with Crippen LogP contribution in [0.1, 0.15) is 26.2 Å². The molecule has 4 nitrogen and oxygen atoms in total. The van der Waals surface area contributed by atoms with E-state index in [-0.39, 0.29) is 19.6 Å². The van der Waals surface area contributed by atoms with Crippen molar-refractivity contribution in [2.45, 2.75) is 38.4 Å². The van der Waals surface area contributed by atoms with Gasteiger partial charge in [0.25, 0.3) is 0 Å². The first kappa shape index (κ1) is 13.8. The minimum Gasteiger partial charge on any atom is -0.464 e. The van der Waals surface area contributed by atoms with Crippen LogP contribution in [-0.2, 0) is 14.3 Å². The molecule has 0 spiro atoms. The summed E-state index contributed by atoms with van der Waals surface area (Å²) in [6.45, 7) is 1.88. The SMILES string of the molecule is CCCOC(=O)C1CCCN1C(=O)C(F)(F)F. The summed E-state index contributed by atoms with van der Waals surface area (Å²) < 4.78 is 41.5. The van der Waals surface area contributed by atoms with Crippen LogP contribution in [0.2, 0.25) is 0 Å². The third-order valence-corrected chi connectivity index (χ3v) is 2.48. The molecule has 1 atom stereocenters. The summed E-state index contributed by atoms with van der Waals surface area (Å²) in [6.07, 6.45) is -3.74. The van der Waals surface area contributed by atoms with Gasteiger partial charge in [-0.05, 0) is 19.3 Å². The van der Waals surface area contributed by atoms with Crippen molar-refractivity contribution in [3.05, 3.63) is 0 Å². The topological polar surface area (TPSA) is 46.6 Å². The number of amides is 1. The molecule has 1 saturated heterocycles. The van der Waals surface area contributed by atoms with E-state index in [0.29, 0.717) is 17.7 Å². The van der Waals surface area contributed by atoms with Gasteiger partial charge in [-0.2, -0.15) is 13.2 Å². The number of halogens is 3. The van der Waals surface area contributed by atoms with Gasteiger partial charge in [0.05, 0.1) is 6.61 Å². The Hall–Kier alpha value is -1.27.